The van der Waals surface area contributed by atoms with Crippen molar-refractivity contribution in [2.75, 3.05) is 13.2 Å². The van der Waals surface area contributed by atoms with Crippen molar-refractivity contribution in [1.82, 2.24) is 0 Å². The largest absolute Gasteiger partial charge is 0.463 e. The van der Waals surface area contributed by atoms with Gasteiger partial charge in [0.25, 0.3) is 0 Å². The first-order chi connectivity index (χ1) is 9.61. The summed E-state index contributed by atoms with van der Waals surface area (Å²) >= 11 is 0. The van der Waals surface area contributed by atoms with Crippen LogP contribution in [0, 0.1) is 5.41 Å². The number of aliphatic hydroxyl groups is 1. The zero-order valence-electron chi connectivity index (χ0n) is 13.2. The first-order valence-electron chi connectivity index (χ1n) is 8.05. The molecule has 0 amide bonds. The monoisotopic (exact) mass is 286 g/mol. The van der Waals surface area contributed by atoms with E-state index in [2.05, 4.69) is 20.8 Å². The van der Waals surface area contributed by atoms with Gasteiger partial charge in [0.1, 0.15) is 6.61 Å². The summed E-state index contributed by atoms with van der Waals surface area (Å²) in [7, 11) is 0. The summed E-state index contributed by atoms with van der Waals surface area (Å²) in [6.45, 7) is 6.64. The Kier molecular flexibility index (Phi) is 7.52. The average molecular weight is 286 g/mol. The molecule has 1 fully saturated rings. The molecular formula is C16H30O4. The fourth-order valence-electron chi connectivity index (χ4n) is 2.87. The molecule has 0 aromatic carbocycles. The third-order valence-corrected chi connectivity index (χ3v) is 4.59. The van der Waals surface area contributed by atoms with Gasteiger partial charge in [-0.05, 0) is 32.1 Å². The summed E-state index contributed by atoms with van der Waals surface area (Å²) in [6.07, 6.45) is 6.29. The van der Waals surface area contributed by atoms with Gasteiger partial charge in [0.05, 0.1) is 24.2 Å². The Balaban J connectivity index is 2.46. The number of hydrogen-bond donors (Lipinski definition) is 1. The lowest BCUT2D eigenvalue weighted by molar-refractivity contribution is -0.161. The molecule has 0 aromatic heterocycles. The normalized spacial score (nSPS) is 23.0. The summed E-state index contributed by atoms with van der Waals surface area (Å²) in [5, 5.41) is 9.03. The molecule has 0 saturated carbocycles. The molecule has 1 aliphatic heterocycles. The molecule has 1 aliphatic rings. The number of rotatable bonds is 9. The van der Waals surface area contributed by atoms with Crippen molar-refractivity contribution < 1.29 is 19.4 Å². The van der Waals surface area contributed by atoms with Crippen LogP contribution in [0.1, 0.15) is 65.7 Å². The molecule has 4 heteroatoms. The topological polar surface area (TPSA) is 55.8 Å². The zero-order valence-corrected chi connectivity index (χ0v) is 13.2. The highest BCUT2D eigenvalue weighted by molar-refractivity contribution is 5.76. The summed E-state index contributed by atoms with van der Waals surface area (Å²) in [4.78, 5) is 12.4. The van der Waals surface area contributed by atoms with Gasteiger partial charge in [0.15, 0.2) is 0 Å². The minimum Gasteiger partial charge on any atom is -0.463 e. The third-order valence-electron chi connectivity index (χ3n) is 4.59. The van der Waals surface area contributed by atoms with E-state index in [0.29, 0.717) is 6.61 Å². The van der Waals surface area contributed by atoms with E-state index in [9.17, 15) is 4.79 Å². The quantitative estimate of drug-likeness (QED) is 0.662. The Bertz CT molecular complexity index is 286. The molecule has 2 atom stereocenters. The van der Waals surface area contributed by atoms with Crippen LogP contribution < -0.4 is 0 Å². The molecule has 20 heavy (non-hydrogen) atoms. The van der Waals surface area contributed by atoms with Crippen molar-refractivity contribution >= 4 is 5.97 Å². The molecular weight excluding hydrogens is 256 g/mol. The van der Waals surface area contributed by atoms with Crippen LogP contribution in [-0.4, -0.2) is 36.5 Å². The summed E-state index contributed by atoms with van der Waals surface area (Å²) in [6, 6.07) is 0. The minimum absolute atomic E-state index is 0.0475. The molecule has 1 rings (SSSR count). The summed E-state index contributed by atoms with van der Waals surface area (Å²) in [5.74, 6) is -0.0769. The maximum Gasteiger partial charge on any atom is 0.312 e. The molecule has 1 N–H and O–H groups in total. The van der Waals surface area contributed by atoms with Crippen LogP contribution in [0.25, 0.3) is 0 Å². The SMILES string of the molecule is CCCCC(CC)(CC)C(=O)OCC1CCC(CO)O1. The van der Waals surface area contributed by atoms with Crippen LogP contribution in [-0.2, 0) is 14.3 Å². The molecule has 118 valence electrons. The van der Waals surface area contributed by atoms with Crippen LogP contribution in [0.3, 0.4) is 0 Å². The van der Waals surface area contributed by atoms with Crippen LogP contribution in [0.4, 0.5) is 0 Å². The van der Waals surface area contributed by atoms with Crippen molar-refractivity contribution in [3.05, 3.63) is 0 Å². The van der Waals surface area contributed by atoms with Gasteiger partial charge in [0.2, 0.25) is 0 Å². The second-order valence-electron chi connectivity index (χ2n) is 5.83. The average Bonchev–Trinajstić information content (AvgIpc) is 2.94. The number of esters is 1. The number of carbonyl (C=O) groups excluding carboxylic acids is 1. The van der Waals surface area contributed by atoms with E-state index >= 15 is 0 Å². The lowest BCUT2D eigenvalue weighted by Crippen LogP contribution is -2.34. The Morgan fingerprint density at radius 3 is 2.40 bits per heavy atom. The molecule has 2 unspecified atom stereocenters. The first-order valence-corrected chi connectivity index (χ1v) is 8.05. The van der Waals surface area contributed by atoms with Gasteiger partial charge in [-0.3, -0.25) is 4.79 Å². The Labute approximate surface area is 122 Å². The van der Waals surface area contributed by atoms with Crippen molar-refractivity contribution in [3.63, 3.8) is 0 Å². The molecule has 0 spiro atoms. The standard InChI is InChI=1S/C16H30O4/c1-4-7-10-16(5-2,6-3)15(18)19-12-14-9-8-13(11-17)20-14/h13-14,17H,4-12H2,1-3H3. The van der Waals surface area contributed by atoms with Crippen LogP contribution in [0.15, 0.2) is 0 Å². The minimum atomic E-state index is -0.328. The number of carbonyl (C=O) groups is 1. The Hall–Kier alpha value is -0.610. The van der Waals surface area contributed by atoms with Gasteiger partial charge in [-0.1, -0.05) is 33.6 Å². The second-order valence-corrected chi connectivity index (χ2v) is 5.83. The van der Waals surface area contributed by atoms with Crippen LogP contribution >= 0.6 is 0 Å². The van der Waals surface area contributed by atoms with Crippen LogP contribution in [0.2, 0.25) is 0 Å². The highest BCUT2D eigenvalue weighted by Crippen LogP contribution is 2.34. The van der Waals surface area contributed by atoms with Crippen LogP contribution in [0.5, 0.6) is 0 Å². The highest BCUT2D eigenvalue weighted by atomic mass is 16.6. The van der Waals surface area contributed by atoms with Gasteiger partial charge >= 0.3 is 5.97 Å². The van der Waals surface area contributed by atoms with Crippen molar-refractivity contribution in [2.24, 2.45) is 5.41 Å². The van der Waals surface area contributed by atoms with E-state index < -0.39 is 0 Å². The Morgan fingerprint density at radius 2 is 1.90 bits per heavy atom. The van der Waals surface area contributed by atoms with Crippen molar-refractivity contribution in [2.45, 2.75) is 77.9 Å². The van der Waals surface area contributed by atoms with Gasteiger partial charge < -0.3 is 14.6 Å². The fraction of sp³-hybridized carbons (Fsp3) is 0.938. The molecule has 1 saturated heterocycles. The third kappa shape index (κ3) is 4.45. The molecule has 1 heterocycles. The van der Waals surface area contributed by atoms with Crippen molar-refractivity contribution in [1.29, 1.82) is 0 Å². The van der Waals surface area contributed by atoms with E-state index in [0.717, 1.165) is 44.9 Å². The number of hydrogen-bond acceptors (Lipinski definition) is 4. The number of unbranched alkanes of at least 4 members (excludes halogenated alkanes) is 1. The first kappa shape index (κ1) is 17.4. The van der Waals surface area contributed by atoms with E-state index in [1.54, 1.807) is 0 Å². The van der Waals surface area contributed by atoms with E-state index in [1.165, 1.54) is 0 Å². The predicted octanol–water partition coefficient (Wildman–Crippen LogP) is 3.07. The fourth-order valence-corrected chi connectivity index (χ4v) is 2.87. The maximum atomic E-state index is 12.4. The molecule has 0 aliphatic carbocycles. The molecule has 0 aromatic rings. The molecule has 0 bridgehead atoms. The smallest absolute Gasteiger partial charge is 0.312 e. The maximum absolute atomic E-state index is 12.4. The lowest BCUT2D eigenvalue weighted by atomic mass is 9.78. The predicted molar refractivity (Wildman–Crippen MR) is 78.5 cm³/mol. The van der Waals surface area contributed by atoms with E-state index in [1.807, 2.05) is 0 Å². The summed E-state index contributed by atoms with van der Waals surface area (Å²) in [5.41, 5.74) is -0.328. The van der Waals surface area contributed by atoms with Crippen molar-refractivity contribution in [3.8, 4) is 0 Å². The zero-order chi connectivity index (χ0) is 15.0. The van der Waals surface area contributed by atoms with E-state index in [4.69, 9.17) is 14.6 Å². The number of ether oxygens (including phenoxy) is 2. The van der Waals surface area contributed by atoms with Gasteiger partial charge in [0, 0.05) is 0 Å². The number of aliphatic hydroxyl groups excluding tert-OH is 1. The lowest BCUT2D eigenvalue weighted by Gasteiger charge is -2.29. The van der Waals surface area contributed by atoms with Gasteiger partial charge in [-0.25, -0.2) is 0 Å². The molecule has 4 nitrogen and oxygen atoms in total. The summed E-state index contributed by atoms with van der Waals surface area (Å²) < 4.78 is 11.1. The van der Waals surface area contributed by atoms with Gasteiger partial charge in [-0.15, -0.1) is 0 Å². The van der Waals surface area contributed by atoms with Gasteiger partial charge in [-0.2, -0.15) is 0 Å². The second kappa shape index (κ2) is 8.63. The van der Waals surface area contributed by atoms with E-state index in [-0.39, 0.29) is 30.2 Å². The Morgan fingerprint density at radius 1 is 1.25 bits per heavy atom. The highest BCUT2D eigenvalue weighted by Gasteiger charge is 2.36. The molecule has 0 radical (unpaired) electrons.